The zero-order valence-corrected chi connectivity index (χ0v) is 65.5. The maximum Gasteiger partial charge on any atom is 0.255 e. The Morgan fingerprint density at radius 1 is 0.460 bits per heavy atom. The Balaban J connectivity index is 0.000000132. The van der Waals surface area contributed by atoms with Crippen LogP contribution in [-0.2, 0) is 6.54 Å². The lowest BCUT2D eigenvalue weighted by molar-refractivity contribution is 0.0906. The number of nitrogens with one attached hydrogen (secondary N) is 8. The number of nitrogens with zero attached hydrogens (tertiary/aromatic N) is 4. The molecule has 0 aliphatic heterocycles. The van der Waals surface area contributed by atoms with Gasteiger partial charge in [0.05, 0.1) is 155 Å². The monoisotopic (exact) mass is 1580 g/mol. The third kappa shape index (κ3) is 18.7. The number of aliphatic hydroxyl groups is 2. The molecule has 4 amide bonds. The van der Waals surface area contributed by atoms with Gasteiger partial charge in [0, 0.05) is 15.8 Å². The summed E-state index contributed by atoms with van der Waals surface area (Å²) in [6, 6.07) is 43.9. The van der Waals surface area contributed by atoms with Crippen molar-refractivity contribution in [3.63, 3.8) is 0 Å². The average Bonchev–Trinajstić information content (AvgIpc) is 1.62. The van der Waals surface area contributed by atoms with Crippen LogP contribution in [0.3, 0.4) is 0 Å². The van der Waals surface area contributed by atoms with Gasteiger partial charge >= 0.3 is 0 Å². The van der Waals surface area contributed by atoms with Crippen molar-refractivity contribution in [2.45, 2.75) is 51.4 Å². The summed E-state index contributed by atoms with van der Waals surface area (Å²) in [6.07, 6.45) is 19.5. The molecule has 23 nitrogen and oxygen atoms in total. The van der Waals surface area contributed by atoms with Crippen LogP contribution in [0.25, 0.3) is 92.2 Å². The molecule has 9 heterocycles. The van der Waals surface area contributed by atoms with E-state index in [0.717, 1.165) is 95.3 Å². The van der Waals surface area contributed by atoms with Crippen LogP contribution in [0.4, 0.5) is 0 Å². The van der Waals surface area contributed by atoms with E-state index in [2.05, 4.69) is 105 Å². The summed E-state index contributed by atoms with van der Waals surface area (Å²) in [6.45, 7) is 4.04. The first-order valence-electron chi connectivity index (χ1n) is 35.9. The number of methoxy groups -OCH3 is 4. The summed E-state index contributed by atoms with van der Waals surface area (Å²) in [5, 5.41) is 76.0. The number of aromatic amines is 4. The van der Waals surface area contributed by atoms with Crippen LogP contribution in [0.5, 0.6) is 23.0 Å². The number of aliphatic hydroxyl groups excluding tert-OH is 2. The Kier molecular flexibility index (Phi) is 25.9. The summed E-state index contributed by atoms with van der Waals surface area (Å²) >= 11 is 6.62. The molecule has 0 radical (unpaired) electrons. The molecular formula is C86H80N12O11S4. The van der Waals surface area contributed by atoms with Crippen molar-refractivity contribution in [2.24, 2.45) is 0 Å². The summed E-state index contributed by atoms with van der Waals surface area (Å²) < 4.78 is 27.7. The minimum atomic E-state index is -0.514. The first-order valence-corrected chi connectivity index (χ1v) is 39.5. The van der Waals surface area contributed by atoms with Gasteiger partial charge in [-0.1, -0.05) is 72.8 Å². The van der Waals surface area contributed by atoms with Gasteiger partial charge in [0.2, 0.25) is 0 Å². The second-order valence-corrected chi connectivity index (χ2v) is 29.3. The molecule has 0 bridgehead atoms. The normalized spacial score (nSPS) is 12.5. The van der Waals surface area contributed by atoms with Gasteiger partial charge in [0.15, 0.2) is 0 Å². The topological polar surface area (TPSA) is 322 Å². The van der Waals surface area contributed by atoms with E-state index in [1.807, 2.05) is 149 Å². The predicted octanol–water partition coefficient (Wildman–Crippen LogP) is 17.2. The Hall–Kier alpha value is -12.8. The van der Waals surface area contributed by atoms with Gasteiger partial charge < -0.3 is 54.8 Å². The molecule has 574 valence electrons. The number of thiophene rings is 4. The van der Waals surface area contributed by atoms with E-state index in [9.17, 15) is 29.4 Å². The molecule has 10 N–H and O–H groups in total. The number of H-pyrrole nitrogens is 4. The number of ether oxygens (including phenoxy) is 4. The molecule has 16 rings (SSSR count). The quantitative estimate of drug-likeness (QED) is 0.0254. The Morgan fingerprint density at radius 2 is 0.841 bits per heavy atom. The first kappa shape index (κ1) is 78.4. The van der Waals surface area contributed by atoms with Crippen molar-refractivity contribution < 1.29 is 52.8 Å². The van der Waals surface area contributed by atoms with Crippen molar-refractivity contribution in [3.8, 4) is 23.0 Å². The Labute approximate surface area is 665 Å². The minimum Gasteiger partial charge on any atom is -0.495 e. The molecule has 1 aliphatic carbocycles. The molecule has 1 saturated carbocycles. The molecule has 0 saturated heterocycles. The van der Waals surface area contributed by atoms with Gasteiger partial charge in [-0.25, -0.2) is 0 Å². The number of carbonyl (C=O) groups is 4. The number of aryl methyl sites for hydroxylation is 2. The lowest BCUT2D eigenvalue weighted by Gasteiger charge is -2.18. The number of furan rings is 1. The molecule has 27 heteroatoms. The second-order valence-electron chi connectivity index (χ2n) is 25.8. The number of rotatable bonds is 25. The lowest BCUT2D eigenvalue weighted by atomic mass is 10.0. The molecule has 1 fully saturated rings. The van der Waals surface area contributed by atoms with Gasteiger partial charge in [0.1, 0.15) is 28.8 Å². The number of benzene rings is 6. The van der Waals surface area contributed by atoms with Crippen molar-refractivity contribution in [1.29, 1.82) is 0 Å². The first-order chi connectivity index (χ1) is 55.3. The molecule has 0 spiro atoms. The van der Waals surface area contributed by atoms with E-state index >= 15 is 0 Å². The Bertz CT molecular complexity index is 5870. The minimum absolute atomic E-state index is 0.0912. The van der Waals surface area contributed by atoms with Crippen LogP contribution < -0.4 is 40.2 Å². The molecule has 0 unspecified atom stereocenters. The third-order valence-electron chi connectivity index (χ3n) is 18.5. The SMILES string of the molecule is COc1c(C(=O)NC2CC2)ccc2n[nH]c(/C=C/c3sccc3C)c12.COc1c(C(=O)NCc2ccco2)ccc2n[nH]c(/C=C/c3ccsc3)c12.COc1c(C(=O)N[C@H](CO)c2ccccc2)ccc2n[nH]c(/C=C/c3ccsc3)c12.COc1c(C(=O)N[C@H](CO)c2ccccc2)ccc2n[nH]c(/C=C/c3sccc3C)c12. The highest BCUT2D eigenvalue weighted by Gasteiger charge is 2.28. The maximum atomic E-state index is 13.1. The van der Waals surface area contributed by atoms with E-state index in [1.54, 1.807) is 114 Å². The molecule has 1 aliphatic rings. The van der Waals surface area contributed by atoms with Gasteiger partial charge in [-0.15, -0.1) is 22.7 Å². The van der Waals surface area contributed by atoms with Gasteiger partial charge in [0.25, 0.3) is 23.6 Å². The molecule has 2 atom stereocenters. The predicted molar refractivity (Wildman–Crippen MR) is 451 cm³/mol. The highest BCUT2D eigenvalue weighted by Crippen LogP contribution is 2.38. The van der Waals surface area contributed by atoms with Gasteiger partial charge in [-0.2, -0.15) is 43.1 Å². The average molecular weight is 1590 g/mol. The smallest absolute Gasteiger partial charge is 0.255 e. The largest absolute Gasteiger partial charge is 0.495 e. The summed E-state index contributed by atoms with van der Waals surface area (Å²) in [5.41, 5.74) is 14.1. The van der Waals surface area contributed by atoms with Gasteiger partial charge in [-0.05, 0) is 214 Å². The van der Waals surface area contributed by atoms with E-state index in [4.69, 9.17) is 23.4 Å². The summed E-state index contributed by atoms with van der Waals surface area (Å²) in [5.74, 6) is 1.63. The van der Waals surface area contributed by atoms with Crippen LogP contribution in [0.2, 0.25) is 0 Å². The van der Waals surface area contributed by atoms with Crippen LogP contribution in [0.1, 0.15) is 138 Å². The summed E-state index contributed by atoms with van der Waals surface area (Å²) in [4.78, 5) is 53.6. The van der Waals surface area contributed by atoms with E-state index in [1.165, 1.54) is 30.2 Å². The van der Waals surface area contributed by atoms with Crippen LogP contribution in [0.15, 0.2) is 189 Å². The molecule has 113 heavy (non-hydrogen) atoms. The lowest BCUT2D eigenvalue weighted by Crippen LogP contribution is -2.31. The zero-order chi connectivity index (χ0) is 78.7. The van der Waals surface area contributed by atoms with Crippen molar-refractivity contribution in [2.75, 3.05) is 41.7 Å². The van der Waals surface area contributed by atoms with E-state index < -0.39 is 12.1 Å². The maximum absolute atomic E-state index is 13.1. The van der Waals surface area contributed by atoms with E-state index in [0.29, 0.717) is 74.6 Å². The highest BCUT2D eigenvalue weighted by molar-refractivity contribution is 7.11. The fourth-order valence-corrected chi connectivity index (χ4v) is 15.4. The molecule has 9 aromatic heterocycles. The molecule has 6 aromatic carbocycles. The second kappa shape index (κ2) is 37.3. The van der Waals surface area contributed by atoms with Crippen LogP contribution in [-0.4, -0.2) is 122 Å². The molecular weight excluding hydrogens is 1510 g/mol. The van der Waals surface area contributed by atoms with Gasteiger partial charge in [-0.3, -0.25) is 39.6 Å². The number of hydrogen-bond donors (Lipinski definition) is 10. The van der Waals surface area contributed by atoms with Crippen LogP contribution in [0, 0.1) is 13.8 Å². The zero-order valence-electron chi connectivity index (χ0n) is 62.3. The standard InChI is InChI=1S/C24H23N3O3S.C23H21N3O3S.C20H17N3O3S.C19H19N3O2S/c1-15-12-13-31-21(15)11-10-19-22-18(26-27-19)9-8-17(23(22)30-2)24(29)25-20(14-28)16-6-4-3-5-7-16;1-29-22-17(23(28)24-20(13-27)16-5-3-2-4-6-16)8-10-19-21(22)18(25-26-19)9-7-15-11-12-30-14-15;1-25-19-15(20(24)21-11-14-3-2-9-26-14)5-7-17-18(19)16(22-23-17)6-4-13-8-10-27-12-13;1-11-9-10-25-16(11)8-7-15-17-14(21-22-15)6-5-13(18(17)24-2)19(23)20-12-3-4-12/h3-13,20,28H,14H2,1-2H3,(H,25,29)(H,26,27);2-12,14,20,27H,13H2,1H3,(H,24,28)(H,25,26);2-10,12H,11H2,1H3,(H,21,24)(H,22,23);5-10,12H,3-4H2,1-2H3,(H,20,23)(H,21,22)/b11-10+;9-7+;6-4+;8-7+/t2*20-;;/m11../s1. The van der Waals surface area contributed by atoms with Crippen LogP contribution >= 0.6 is 45.3 Å². The number of fused-ring (bicyclic) bond motifs is 4. The van der Waals surface area contributed by atoms with E-state index in [-0.39, 0.29) is 36.8 Å². The van der Waals surface area contributed by atoms with Crippen molar-refractivity contribution in [3.05, 3.63) is 278 Å². The van der Waals surface area contributed by atoms with Crippen molar-refractivity contribution >= 4 is 161 Å². The molecule has 15 aromatic rings. The number of aromatic nitrogens is 8. The van der Waals surface area contributed by atoms with Crippen molar-refractivity contribution in [1.82, 2.24) is 62.1 Å². The highest BCUT2D eigenvalue weighted by atomic mass is 32.1. The number of hydrogen-bond acceptors (Lipinski definition) is 19. The number of carbonyl (C=O) groups excluding carboxylic acids is 4. The summed E-state index contributed by atoms with van der Waals surface area (Å²) in [7, 11) is 6.21. The number of amides is 4. The fourth-order valence-electron chi connectivity index (χ4n) is 12.5. The third-order valence-corrected chi connectivity index (χ3v) is 21.8. The fraction of sp³-hybridized carbons (Fsp3) is 0.163. The Morgan fingerprint density at radius 3 is 1.17 bits per heavy atom.